The smallest absolute Gasteiger partial charge is 0.230 e. The number of hydrogen-bond donors (Lipinski definition) is 2. The number of rotatable bonds is 4. The van der Waals surface area contributed by atoms with Crippen LogP contribution in [0.1, 0.15) is 5.56 Å². The maximum absolute atomic E-state index is 12.2. The van der Waals surface area contributed by atoms with Gasteiger partial charge in [-0.25, -0.2) is 0 Å². The summed E-state index contributed by atoms with van der Waals surface area (Å²) in [7, 11) is 1.61. The summed E-state index contributed by atoms with van der Waals surface area (Å²) in [4.78, 5) is 12.2. The van der Waals surface area contributed by atoms with E-state index in [4.69, 9.17) is 17.0 Å². The van der Waals surface area contributed by atoms with E-state index in [2.05, 4.69) is 10.6 Å². The van der Waals surface area contributed by atoms with Gasteiger partial charge < -0.3 is 15.4 Å². The van der Waals surface area contributed by atoms with Crippen LogP contribution < -0.4 is 15.4 Å². The van der Waals surface area contributed by atoms with Crippen molar-refractivity contribution in [1.82, 2.24) is 5.32 Å². The van der Waals surface area contributed by atoms with Crippen LogP contribution in [0.5, 0.6) is 5.75 Å². The summed E-state index contributed by atoms with van der Waals surface area (Å²) in [5, 5.41) is 8.27. The van der Waals surface area contributed by atoms with Crippen LogP contribution in [0.3, 0.4) is 0 Å². The van der Waals surface area contributed by atoms with Crippen molar-refractivity contribution in [3.63, 3.8) is 0 Å². The summed E-state index contributed by atoms with van der Waals surface area (Å²) in [6.07, 6.45) is 0.251. The predicted octanol–water partition coefficient (Wildman–Crippen LogP) is 3.90. The molecule has 0 fully saturated rings. The Morgan fingerprint density at radius 3 is 2.48 bits per heavy atom. The first-order valence-electron chi connectivity index (χ1n) is 7.87. The number of anilines is 1. The first kappa shape index (κ1) is 16.9. The molecule has 0 aliphatic rings. The zero-order valence-corrected chi connectivity index (χ0v) is 14.6. The number of carbonyl (C=O) groups excluding carboxylic acids is 1. The number of benzene rings is 3. The van der Waals surface area contributed by atoms with Gasteiger partial charge in [0.15, 0.2) is 5.11 Å². The molecule has 126 valence electrons. The quantitative estimate of drug-likeness (QED) is 0.701. The van der Waals surface area contributed by atoms with Crippen LogP contribution in [-0.2, 0) is 11.2 Å². The van der Waals surface area contributed by atoms with Crippen LogP contribution in [0.2, 0.25) is 0 Å². The average Bonchev–Trinajstić information content (AvgIpc) is 2.62. The van der Waals surface area contributed by atoms with Crippen molar-refractivity contribution < 1.29 is 9.53 Å². The molecule has 4 nitrogen and oxygen atoms in total. The van der Waals surface area contributed by atoms with E-state index in [-0.39, 0.29) is 17.4 Å². The molecular formula is C20H18N2O2S. The molecule has 5 heteroatoms. The SMILES string of the molecule is COc1ccc(CC(=O)NC(=S)Nc2cccc3ccccc23)cc1. The summed E-state index contributed by atoms with van der Waals surface area (Å²) in [6, 6.07) is 21.3. The van der Waals surface area contributed by atoms with Gasteiger partial charge in [-0.3, -0.25) is 4.79 Å². The second-order valence-corrected chi connectivity index (χ2v) is 5.96. The topological polar surface area (TPSA) is 50.4 Å². The number of carbonyl (C=O) groups is 1. The van der Waals surface area contributed by atoms with Crippen molar-refractivity contribution in [1.29, 1.82) is 0 Å². The lowest BCUT2D eigenvalue weighted by Crippen LogP contribution is -2.35. The lowest BCUT2D eigenvalue weighted by atomic mass is 10.1. The van der Waals surface area contributed by atoms with E-state index < -0.39 is 0 Å². The molecule has 0 saturated heterocycles. The molecule has 0 atom stereocenters. The minimum absolute atomic E-state index is 0.164. The fraction of sp³-hybridized carbons (Fsp3) is 0.100. The molecule has 0 aromatic heterocycles. The van der Waals surface area contributed by atoms with Gasteiger partial charge in [0.25, 0.3) is 0 Å². The molecular weight excluding hydrogens is 332 g/mol. The largest absolute Gasteiger partial charge is 0.497 e. The Morgan fingerprint density at radius 1 is 1.00 bits per heavy atom. The fourth-order valence-corrected chi connectivity index (χ4v) is 2.81. The second kappa shape index (κ2) is 7.77. The first-order valence-corrected chi connectivity index (χ1v) is 8.28. The van der Waals surface area contributed by atoms with Gasteiger partial charge in [-0.05, 0) is 41.4 Å². The van der Waals surface area contributed by atoms with E-state index in [9.17, 15) is 4.79 Å². The second-order valence-electron chi connectivity index (χ2n) is 5.55. The molecule has 2 N–H and O–H groups in total. The van der Waals surface area contributed by atoms with E-state index in [0.29, 0.717) is 0 Å². The molecule has 0 aliphatic heterocycles. The highest BCUT2D eigenvalue weighted by atomic mass is 32.1. The van der Waals surface area contributed by atoms with Crippen LogP contribution in [0.15, 0.2) is 66.7 Å². The zero-order chi connectivity index (χ0) is 17.6. The molecule has 3 aromatic rings. The maximum Gasteiger partial charge on any atom is 0.230 e. The standard InChI is InChI=1S/C20H18N2O2S/c1-24-16-11-9-14(10-12-16)13-19(23)22-20(25)21-18-8-4-6-15-5-2-3-7-17(15)18/h2-12H,13H2,1H3,(H2,21,22,23,25). The molecule has 0 saturated carbocycles. The van der Waals surface area contributed by atoms with Gasteiger partial charge in [0.2, 0.25) is 5.91 Å². The van der Waals surface area contributed by atoms with Crippen molar-refractivity contribution >= 4 is 39.7 Å². The Balaban J connectivity index is 1.62. The van der Waals surface area contributed by atoms with Crippen LogP contribution in [0.25, 0.3) is 10.8 Å². The number of fused-ring (bicyclic) bond motifs is 1. The third-order valence-corrected chi connectivity index (χ3v) is 4.02. The third-order valence-electron chi connectivity index (χ3n) is 3.81. The van der Waals surface area contributed by atoms with Crippen LogP contribution in [0, 0.1) is 0 Å². The highest BCUT2D eigenvalue weighted by Gasteiger charge is 2.08. The Kier molecular flexibility index (Phi) is 5.26. The van der Waals surface area contributed by atoms with E-state index in [1.54, 1.807) is 7.11 Å². The van der Waals surface area contributed by atoms with Crippen LogP contribution >= 0.6 is 12.2 Å². The summed E-state index contributed by atoms with van der Waals surface area (Å²) >= 11 is 5.27. The molecule has 0 bridgehead atoms. The Morgan fingerprint density at radius 2 is 1.72 bits per heavy atom. The van der Waals surface area contributed by atoms with E-state index in [1.807, 2.05) is 66.7 Å². The Bertz CT molecular complexity index is 902. The highest BCUT2D eigenvalue weighted by molar-refractivity contribution is 7.80. The average molecular weight is 350 g/mol. The summed E-state index contributed by atoms with van der Waals surface area (Å²) in [6.45, 7) is 0. The molecule has 3 rings (SSSR count). The van der Waals surface area contributed by atoms with Crippen molar-refractivity contribution in [2.75, 3.05) is 12.4 Å². The van der Waals surface area contributed by atoms with E-state index >= 15 is 0 Å². The van der Waals surface area contributed by atoms with Gasteiger partial charge in [0, 0.05) is 11.1 Å². The van der Waals surface area contributed by atoms with Gasteiger partial charge in [-0.1, -0.05) is 48.5 Å². The summed E-state index contributed by atoms with van der Waals surface area (Å²) in [5.74, 6) is 0.597. The zero-order valence-electron chi connectivity index (χ0n) is 13.8. The summed E-state index contributed by atoms with van der Waals surface area (Å²) in [5.41, 5.74) is 1.76. The minimum atomic E-state index is -0.164. The number of methoxy groups -OCH3 is 1. The van der Waals surface area contributed by atoms with Crippen LogP contribution in [0.4, 0.5) is 5.69 Å². The van der Waals surface area contributed by atoms with Crippen molar-refractivity contribution in [3.05, 3.63) is 72.3 Å². The van der Waals surface area contributed by atoms with Gasteiger partial charge in [-0.2, -0.15) is 0 Å². The van der Waals surface area contributed by atoms with Crippen LogP contribution in [-0.4, -0.2) is 18.1 Å². The molecule has 1 amide bonds. The van der Waals surface area contributed by atoms with E-state index in [0.717, 1.165) is 27.8 Å². The first-order chi connectivity index (χ1) is 12.2. The Hall–Kier alpha value is -2.92. The number of ether oxygens (including phenoxy) is 1. The Labute approximate surface area is 151 Å². The number of hydrogen-bond acceptors (Lipinski definition) is 3. The normalized spacial score (nSPS) is 10.3. The van der Waals surface area contributed by atoms with Gasteiger partial charge in [-0.15, -0.1) is 0 Å². The van der Waals surface area contributed by atoms with Crippen molar-refractivity contribution in [2.45, 2.75) is 6.42 Å². The van der Waals surface area contributed by atoms with Gasteiger partial charge in [0.1, 0.15) is 5.75 Å². The number of amides is 1. The third kappa shape index (κ3) is 4.33. The molecule has 0 aliphatic carbocycles. The van der Waals surface area contributed by atoms with Crippen molar-refractivity contribution in [2.24, 2.45) is 0 Å². The molecule has 0 spiro atoms. The minimum Gasteiger partial charge on any atom is -0.497 e. The molecule has 0 heterocycles. The number of nitrogens with one attached hydrogen (secondary N) is 2. The lowest BCUT2D eigenvalue weighted by molar-refractivity contribution is -0.119. The molecule has 3 aromatic carbocycles. The maximum atomic E-state index is 12.2. The van der Waals surface area contributed by atoms with E-state index in [1.165, 1.54) is 0 Å². The lowest BCUT2D eigenvalue weighted by Gasteiger charge is -2.12. The fourth-order valence-electron chi connectivity index (χ4n) is 2.59. The monoisotopic (exact) mass is 350 g/mol. The predicted molar refractivity (Wildman–Crippen MR) is 105 cm³/mol. The van der Waals surface area contributed by atoms with Gasteiger partial charge >= 0.3 is 0 Å². The molecule has 0 unspecified atom stereocenters. The van der Waals surface area contributed by atoms with Crippen molar-refractivity contribution in [3.8, 4) is 5.75 Å². The highest BCUT2D eigenvalue weighted by Crippen LogP contribution is 2.22. The number of thiocarbonyl (C=S) groups is 1. The molecule has 25 heavy (non-hydrogen) atoms. The molecule has 0 radical (unpaired) electrons. The summed E-state index contributed by atoms with van der Waals surface area (Å²) < 4.78 is 5.11. The van der Waals surface area contributed by atoms with Gasteiger partial charge in [0.05, 0.1) is 13.5 Å².